The Morgan fingerprint density at radius 2 is 2.05 bits per heavy atom. The van der Waals surface area contributed by atoms with Crippen LogP contribution >= 0.6 is 0 Å². The first kappa shape index (κ1) is 14.8. The van der Waals surface area contributed by atoms with Crippen molar-refractivity contribution in [3.63, 3.8) is 0 Å². The van der Waals surface area contributed by atoms with Gasteiger partial charge in [0.25, 0.3) is 0 Å². The predicted octanol–water partition coefficient (Wildman–Crippen LogP) is 1.70. The van der Waals surface area contributed by atoms with E-state index in [1.54, 1.807) is 0 Å². The highest BCUT2D eigenvalue weighted by Crippen LogP contribution is 2.13. The standard InChI is InChI=1S/C15H24N4O/c1-12-11-18(2)8-3-9-19(12)15(20)17-14-6-4-13(10-16)5-7-14/h4-7,12H,3,8-11,16H2,1-2H3,(H,17,20). The van der Waals surface area contributed by atoms with Gasteiger partial charge in [0.1, 0.15) is 0 Å². The molecule has 1 fully saturated rings. The maximum Gasteiger partial charge on any atom is 0.322 e. The molecule has 110 valence electrons. The predicted molar refractivity (Wildman–Crippen MR) is 81.6 cm³/mol. The Bertz CT molecular complexity index is 446. The minimum absolute atomic E-state index is 0.0201. The summed E-state index contributed by atoms with van der Waals surface area (Å²) in [6.45, 7) is 5.37. The lowest BCUT2D eigenvalue weighted by atomic mass is 10.2. The lowest BCUT2D eigenvalue weighted by Gasteiger charge is -2.28. The molecule has 1 unspecified atom stereocenters. The van der Waals surface area contributed by atoms with E-state index in [4.69, 9.17) is 5.73 Å². The third-order valence-corrected chi connectivity index (χ3v) is 3.75. The van der Waals surface area contributed by atoms with Gasteiger partial charge in [-0.05, 0) is 44.6 Å². The van der Waals surface area contributed by atoms with Crippen molar-refractivity contribution in [2.45, 2.75) is 25.9 Å². The number of nitrogens with zero attached hydrogens (tertiary/aromatic N) is 2. The van der Waals surface area contributed by atoms with E-state index in [1.165, 1.54) is 0 Å². The van der Waals surface area contributed by atoms with E-state index in [2.05, 4.69) is 24.2 Å². The van der Waals surface area contributed by atoms with E-state index < -0.39 is 0 Å². The zero-order valence-corrected chi connectivity index (χ0v) is 12.3. The molecular weight excluding hydrogens is 252 g/mol. The van der Waals surface area contributed by atoms with Crippen LogP contribution in [0.5, 0.6) is 0 Å². The van der Waals surface area contributed by atoms with Crippen LogP contribution in [-0.4, -0.2) is 48.6 Å². The number of rotatable bonds is 2. The Labute approximate surface area is 120 Å². The molecule has 1 atom stereocenters. The van der Waals surface area contributed by atoms with E-state index >= 15 is 0 Å². The van der Waals surface area contributed by atoms with E-state index in [-0.39, 0.29) is 12.1 Å². The van der Waals surface area contributed by atoms with Gasteiger partial charge in [-0.1, -0.05) is 12.1 Å². The topological polar surface area (TPSA) is 61.6 Å². The normalized spacial score (nSPS) is 20.6. The molecule has 5 nitrogen and oxygen atoms in total. The van der Waals surface area contributed by atoms with Gasteiger partial charge in [0.2, 0.25) is 0 Å². The fraction of sp³-hybridized carbons (Fsp3) is 0.533. The third-order valence-electron chi connectivity index (χ3n) is 3.75. The molecule has 0 aromatic heterocycles. The van der Waals surface area contributed by atoms with Gasteiger partial charge in [-0.3, -0.25) is 0 Å². The van der Waals surface area contributed by atoms with Crippen molar-refractivity contribution in [1.29, 1.82) is 0 Å². The SMILES string of the molecule is CC1CN(C)CCCN1C(=O)Nc1ccc(CN)cc1. The van der Waals surface area contributed by atoms with Crippen LogP contribution in [0.3, 0.4) is 0 Å². The minimum atomic E-state index is -0.0201. The maximum atomic E-state index is 12.4. The van der Waals surface area contributed by atoms with Crippen LogP contribution in [0.1, 0.15) is 18.9 Å². The molecule has 5 heteroatoms. The van der Waals surface area contributed by atoms with Gasteiger partial charge >= 0.3 is 6.03 Å². The number of nitrogens with two attached hydrogens (primary N) is 1. The number of hydrogen-bond donors (Lipinski definition) is 2. The van der Waals surface area contributed by atoms with Gasteiger partial charge in [-0.25, -0.2) is 4.79 Å². The van der Waals surface area contributed by atoms with Gasteiger partial charge in [-0.2, -0.15) is 0 Å². The second kappa shape index (κ2) is 6.72. The van der Waals surface area contributed by atoms with Crippen LogP contribution in [0, 0.1) is 0 Å². The van der Waals surface area contributed by atoms with Crippen LogP contribution < -0.4 is 11.1 Å². The maximum absolute atomic E-state index is 12.4. The largest absolute Gasteiger partial charge is 0.326 e. The highest BCUT2D eigenvalue weighted by atomic mass is 16.2. The molecule has 0 saturated carbocycles. The van der Waals surface area contributed by atoms with Crippen molar-refractivity contribution < 1.29 is 4.79 Å². The molecule has 0 spiro atoms. The Morgan fingerprint density at radius 3 is 2.70 bits per heavy atom. The summed E-state index contributed by atoms with van der Waals surface area (Å²) >= 11 is 0. The molecule has 1 saturated heterocycles. The Hall–Kier alpha value is -1.59. The Kier molecular flexibility index (Phi) is 4.98. The summed E-state index contributed by atoms with van der Waals surface area (Å²) < 4.78 is 0. The number of anilines is 1. The molecule has 1 aromatic carbocycles. The van der Waals surface area contributed by atoms with Gasteiger partial charge in [-0.15, -0.1) is 0 Å². The first-order valence-electron chi connectivity index (χ1n) is 7.15. The monoisotopic (exact) mass is 276 g/mol. The zero-order chi connectivity index (χ0) is 14.5. The third kappa shape index (κ3) is 3.71. The van der Waals surface area contributed by atoms with Crippen molar-refractivity contribution in [1.82, 2.24) is 9.80 Å². The van der Waals surface area contributed by atoms with Crippen LogP contribution in [-0.2, 0) is 6.54 Å². The lowest BCUT2D eigenvalue weighted by Crippen LogP contribution is -2.44. The summed E-state index contributed by atoms with van der Waals surface area (Å²) in [7, 11) is 2.10. The fourth-order valence-corrected chi connectivity index (χ4v) is 2.59. The minimum Gasteiger partial charge on any atom is -0.326 e. The van der Waals surface area contributed by atoms with Crippen LogP contribution in [0.4, 0.5) is 10.5 Å². The van der Waals surface area contributed by atoms with Gasteiger partial charge < -0.3 is 20.9 Å². The van der Waals surface area contributed by atoms with E-state index in [0.29, 0.717) is 6.54 Å². The fourth-order valence-electron chi connectivity index (χ4n) is 2.59. The molecule has 20 heavy (non-hydrogen) atoms. The van der Waals surface area contributed by atoms with E-state index in [0.717, 1.165) is 37.3 Å². The number of amides is 2. The smallest absolute Gasteiger partial charge is 0.322 e. The number of nitrogens with one attached hydrogen (secondary N) is 1. The van der Waals surface area contributed by atoms with Crippen molar-refractivity contribution in [3.8, 4) is 0 Å². The molecule has 0 radical (unpaired) electrons. The van der Waals surface area contributed by atoms with Crippen molar-refractivity contribution >= 4 is 11.7 Å². The van der Waals surface area contributed by atoms with E-state index in [9.17, 15) is 4.79 Å². The molecule has 1 heterocycles. The number of likely N-dealkylation sites (N-methyl/N-ethyl adjacent to an activating group) is 1. The first-order chi connectivity index (χ1) is 9.60. The highest BCUT2D eigenvalue weighted by molar-refractivity contribution is 5.89. The van der Waals surface area contributed by atoms with Crippen molar-refractivity contribution in [3.05, 3.63) is 29.8 Å². The first-order valence-corrected chi connectivity index (χ1v) is 7.15. The van der Waals surface area contributed by atoms with Crippen LogP contribution in [0.15, 0.2) is 24.3 Å². The molecule has 0 aliphatic carbocycles. The molecule has 0 bridgehead atoms. The lowest BCUT2D eigenvalue weighted by molar-refractivity contribution is 0.190. The average Bonchev–Trinajstić information content (AvgIpc) is 2.60. The molecule has 2 amide bonds. The van der Waals surface area contributed by atoms with Crippen LogP contribution in [0.2, 0.25) is 0 Å². The molecule has 1 aliphatic rings. The van der Waals surface area contributed by atoms with E-state index in [1.807, 2.05) is 29.2 Å². The van der Waals surface area contributed by atoms with Gasteiger partial charge in [0.05, 0.1) is 0 Å². The zero-order valence-electron chi connectivity index (χ0n) is 12.3. The summed E-state index contributed by atoms with van der Waals surface area (Å²) in [5.74, 6) is 0. The number of carbonyl (C=O) groups is 1. The van der Waals surface area contributed by atoms with Crippen molar-refractivity contribution in [2.75, 3.05) is 32.0 Å². The number of hydrogen-bond acceptors (Lipinski definition) is 3. The molecule has 2 rings (SSSR count). The summed E-state index contributed by atoms with van der Waals surface area (Å²) in [6.07, 6.45) is 1.01. The summed E-state index contributed by atoms with van der Waals surface area (Å²) in [5, 5.41) is 2.96. The average molecular weight is 276 g/mol. The van der Waals surface area contributed by atoms with Crippen LogP contribution in [0.25, 0.3) is 0 Å². The molecular formula is C15H24N4O. The highest BCUT2D eigenvalue weighted by Gasteiger charge is 2.23. The second-order valence-corrected chi connectivity index (χ2v) is 5.49. The number of urea groups is 1. The Balaban J connectivity index is 1.99. The summed E-state index contributed by atoms with van der Waals surface area (Å²) in [4.78, 5) is 16.6. The molecule has 3 N–H and O–H groups in total. The van der Waals surface area contributed by atoms with Gasteiger partial charge in [0, 0.05) is 31.4 Å². The van der Waals surface area contributed by atoms with Crippen molar-refractivity contribution in [2.24, 2.45) is 5.73 Å². The molecule has 1 aliphatic heterocycles. The Morgan fingerprint density at radius 1 is 1.35 bits per heavy atom. The number of carbonyl (C=O) groups excluding carboxylic acids is 1. The summed E-state index contributed by atoms with van der Waals surface area (Å²) in [5.41, 5.74) is 7.45. The quantitative estimate of drug-likeness (QED) is 0.864. The second-order valence-electron chi connectivity index (χ2n) is 5.49. The summed E-state index contributed by atoms with van der Waals surface area (Å²) in [6, 6.07) is 7.88. The van der Waals surface area contributed by atoms with Gasteiger partial charge in [0.15, 0.2) is 0 Å². The molecule has 1 aromatic rings. The number of benzene rings is 1.